The molecule has 1 saturated heterocycles. The van der Waals surface area contributed by atoms with Crippen LogP contribution < -0.4 is 4.90 Å². The first-order valence-electron chi connectivity index (χ1n) is 6.72. The van der Waals surface area contributed by atoms with Gasteiger partial charge >= 0.3 is 5.97 Å². The molecule has 1 saturated carbocycles. The lowest BCUT2D eigenvalue weighted by atomic mass is 9.81. The zero-order chi connectivity index (χ0) is 15.2. The molecule has 1 aromatic rings. The molecule has 1 aromatic heterocycles. The molecular weight excluding hydrogens is 342 g/mol. The highest BCUT2D eigenvalue weighted by Gasteiger charge is 2.55. The number of aromatic nitrogens is 1. The number of rotatable bonds is 3. The second-order valence-electron chi connectivity index (χ2n) is 5.69. The number of hydrogen-bond acceptors (Lipinski definition) is 5. The summed E-state index contributed by atoms with van der Waals surface area (Å²) in [5, 5.41) is 20.3. The van der Waals surface area contributed by atoms with Gasteiger partial charge in [-0.25, -0.2) is 4.98 Å². The molecule has 7 nitrogen and oxygen atoms in total. The molecule has 1 aliphatic heterocycles. The first-order chi connectivity index (χ1) is 9.94. The summed E-state index contributed by atoms with van der Waals surface area (Å²) in [7, 11) is 0. The average molecular weight is 356 g/mol. The predicted molar refractivity (Wildman–Crippen MR) is 78.2 cm³/mol. The van der Waals surface area contributed by atoms with Crippen molar-refractivity contribution < 1.29 is 14.8 Å². The van der Waals surface area contributed by atoms with E-state index in [2.05, 4.69) is 20.9 Å². The fourth-order valence-corrected chi connectivity index (χ4v) is 4.14. The highest BCUT2D eigenvalue weighted by atomic mass is 79.9. The Balaban J connectivity index is 1.90. The van der Waals surface area contributed by atoms with E-state index in [9.17, 15) is 20.0 Å². The molecule has 2 fully saturated rings. The molecular formula is C13H14BrN3O4. The lowest BCUT2D eigenvalue weighted by Crippen LogP contribution is -2.35. The third-order valence-electron chi connectivity index (χ3n) is 4.61. The third kappa shape index (κ3) is 2.17. The summed E-state index contributed by atoms with van der Waals surface area (Å²) in [4.78, 5) is 28.0. The summed E-state index contributed by atoms with van der Waals surface area (Å²) in [5.41, 5.74) is -0.777. The molecule has 3 rings (SSSR count). The summed E-state index contributed by atoms with van der Waals surface area (Å²) >= 11 is 3.30. The molecule has 0 amide bonds. The molecule has 2 atom stereocenters. The maximum absolute atomic E-state index is 11.7. The van der Waals surface area contributed by atoms with Crippen molar-refractivity contribution in [2.75, 3.05) is 18.0 Å². The Morgan fingerprint density at radius 2 is 2.38 bits per heavy atom. The Morgan fingerprint density at radius 1 is 1.62 bits per heavy atom. The molecule has 2 heterocycles. The predicted octanol–water partition coefficient (Wildman–Crippen LogP) is 2.44. The molecule has 0 spiro atoms. The van der Waals surface area contributed by atoms with Gasteiger partial charge in [0.1, 0.15) is 12.0 Å². The molecule has 112 valence electrons. The Bertz CT molecular complexity index is 623. The van der Waals surface area contributed by atoms with E-state index in [1.54, 1.807) is 0 Å². The number of fused-ring (bicyclic) bond motifs is 1. The molecule has 0 radical (unpaired) electrons. The number of carbonyl (C=O) groups is 1. The highest BCUT2D eigenvalue weighted by molar-refractivity contribution is 9.10. The van der Waals surface area contributed by atoms with Gasteiger partial charge in [-0.05, 0) is 34.7 Å². The number of nitrogens with zero attached hydrogens (tertiary/aromatic N) is 3. The van der Waals surface area contributed by atoms with E-state index in [0.717, 1.165) is 12.8 Å². The van der Waals surface area contributed by atoms with Crippen LogP contribution in [0.4, 0.5) is 11.5 Å². The fraction of sp³-hybridized carbons (Fsp3) is 0.538. The highest BCUT2D eigenvalue weighted by Crippen LogP contribution is 2.50. The Kier molecular flexibility index (Phi) is 3.35. The standard InChI is InChI=1S/C13H14BrN3O4/c14-10-4-9(17(20)21)5-15-11(10)16-6-8-2-1-3-13(8,7-16)12(18)19/h4-5,8H,1-3,6-7H2,(H,18,19)/t8-,13+/m0/s1. The van der Waals surface area contributed by atoms with Crippen LogP contribution in [0.15, 0.2) is 16.7 Å². The molecule has 8 heteroatoms. The smallest absolute Gasteiger partial charge is 0.311 e. The van der Waals surface area contributed by atoms with Crippen LogP contribution in [0.3, 0.4) is 0 Å². The van der Waals surface area contributed by atoms with E-state index in [-0.39, 0.29) is 11.6 Å². The van der Waals surface area contributed by atoms with Crippen LogP contribution in [0.1, 0.15) is 19.3 Å². The van der Waals surface area contributed by atoms with Gasteiger partial charge in [0, 0.05) is 19.2 Å². The lowest BCUT2D eigenvalue weighted by molar-refractivity contribution is -0.385. The van der Waals surface area contributed by atoms with Crippen molar-refractivity contribution in [2.24, 2.45) is 11.3 Å². The maximum atomic E-state index is 11.7. The fourth-order valence-electron chi connectivity index (χ4n) is 3.55. The topological polar surface area (TPSA) is 96.6 Å². The van der Waals surface area contributed by atoms with Gasteiger partial charge < -0.3 is 10.0 Å². The van der Waals surface area contributed by atoms with E-state index in [4.69, 9.17) is 0 Å². The van der Waals surface area contributed by atoms with Crippen LogP contribution >= 0.6 is 15.9 Å². The zero-order valence-electron chi connectivity index (χ0n) is 11.2. The van der Waals surface area contributed by atoms with Gasteiger partial charge in [0.05, 0.1) is 14.8 Å². The van der Waals surface area contributed by atoms with Crippen LogP contribution in [0.25, 0.3) is 0 Å². The number of halogens is 1. The number of carboxylic acid groups (broad SMARTS) is 1. The van der Waals surface area contributed by atoms with Crippen LogP contribution in [0.2, 0.25) is 0 Å². The van der Waals surface area contributed by atoms with Crippen molar-refractivity contribution in [1.29, 1.82) is 0 Å². The largest absolute Gasteiger partial charge is 0.481 e. The SMILES string of the molecule is O=C(O)[C@@]12CCC[C@H]1CN(c1ncc([N+](=O)[O-])cc1Br)C2. The van der Waals surface area contributed by atoms with Crippen molar-refractivity contribution >= 4 is 33.4 Å². The quantitative estimate of drug-likeness (QED) is 0.660. The van der Waals surface area contributed by atoms with Gasteiger partial charge in [-0.1, -0.05) is 6.42 Å². The summed E-state index contributed by atoms with van der Waals surface area (Å²) in [5.74, 6) is -0.0416. The number of anilines is 1. The summed E-state index contributed by atoms with van der Waals surface area (Å²) in [6.45, 7) is 1.05. The second-order valence-corrected chi connectivity index (χ2v) is 6.54. The van der Waals surface area contributed by atoms with Gasteiger partial charge in [0.2, 0.25) is 0 Å². The number of aliphatic carboxylic acids is 1. The van der Waals surface area contributed by atoms with Crippen molar-refractivity contribution in [2.45, 2.75) is 19.3 Å². The number of nitro groups is 1. The van der Waals surface area contributed by atoms with Crippen LogP contribution in [-0.4, -0.2) is 34.1 Å². The monoisotopic (exact) mass is 355 g/mol. The van der Waals surface area contributed by atoms with Crippen LogP contribution in [0, 0.1) is 21.4 Å². The minimum atomic E-state index is -0.745. The molecule has 0 aromatic carbocycles. The summed E-state index contributed by atoms with van der Waals surface area (Å²) in [6.07, 6.45) is 3.75. The molecule has 1 N–H and O–H groups in total. The van der Waals surface area contributed by atoms with E-state index < -0.39 is 16.3 Å². The van der Waals surface area contributed by atoms with Crippen molar-refractivity contribution in [3.63, 3.8) is 0 Å². The first-order valence-corrected chi connectivity index (χ1v) is 7.51. The molecule has 2 aliphatic rings. The lowest BCUT2D eigenvalue weighted by Gasteiger charge is -2.24. The van der Waals surface area contributed by atoms with Crippen LogP contribution in [-0.2, 0) is 4.79 Å². The van der Waals surface area contributed by atoms with E-state index in [0.29, 0.717) is 29.8 Å². The Morgan fingerprint density at radius 3 is 2.95 bits per heavy atom. The van der Waals surface area contributed by atoms with E-state index in [1.807, 2.05) is 4.90 Å². The van der Waals surface area contributed by atoms with Crippen molar-refractivity contribution in [3.05, 3.63) is 26.9 Å². The molecule has 0 unspecified atom stereocenters. The normalized spacial score (nSPS) is 27.7. The maximum Gasteiger partial charge on any atom is 0.311 e. The zero-order valence-corrected chi connectivity index (χ0v) is 12.7. The van der Waals surface area contributed by atoms with Crippen molar-refractivity contribution in [3.8, 4) is 0 Å². The van der Waals surface area contributed by atoms with Crippen molar-refractivity contribution in [1.82, 2.24) is 4.98 Å². The minimum absolute atomic E-state index is 0.0852. The summed E-state index contributed by atoms with van der Waals surface area (Å²) < 4.78 is 0.525. The summed E-state index contributed by atoms with van der Waals surface area (Å²) in [6, 6.07) is 1.41. The second kappa shape index (κ2) is 4.94. The average Bonchev–Trinajstić information content (AvgIpc) is 2.95. The van der Waals surface area contributed by atoms with Crippen LogP contribution in [0.5, 0.6) is 0 Å². The molecule has 21 heavy (non-hydrogen) atoms. The Hall–Kier alpha value is -1.70. The van der Waals surface area contributed by atoms with Gasteiger partial charge in [0.15, 0.2) is 0 Å². The van der Waals surface area contributed by atoms with Gasteiger partial charge in [-0.2, -0.15) is 0 Å². The minimum Gasteiger partial charge on any atom is -0.481 e. The third-order valence-corrected chi connectivity index (χ3v) is 5.20. The van der Waals surface area contributed by atoms with Gasteiger partial charge in [0.25, 0.3) is 5.69 Å². The number of carboxylic acids is 1. The first kappa shape index (κ1) is 14.2. The number of pyridine rings is 1. The van der Waals surface area contributed by atoms with E-state index >= 15 is 0 Å². The van der Waals surface area contributed by atoms with Gasteiger partial charge in [-0.15, -0.1) is 0 Å². The van der Waals surface area contributed by atoms with E-state index in [1.165, 1.54) is 12.3 Å². The Labute approximate surface area is 129 Å². The molecule has 1 aliphatic carbocycles. The molecule has 0 bridgehead atoms. The number of hydrogen-bond donors (Lipinski definition) is 1. The van der Waals surface area contributed by atoms with Gasteiger partial charge in [-0.3, -0.25) is 14.9 Å².